The van der Waals surface area contributed by atoms with Gasteiger partial charge in [0, 0.05) is 40.0 Å². The largest absolute Gasteiger partial charge is 0.454 e. The summed E-state index contributed by atoms with van der Waals surface area (Å²) in [5.74, 6) is 1.88. The second kappa shape index (κ2) is 13.0. The Morgan fingerprint density at radius 1 is 0.586 bits per heavy atom. The lowest BCUT2D eigenvalue weighted by molar-refractivity contribution is 0.629. The lowest BCUT2D eigenvalue weighted by Crippen LogP contribution is -2.74. The lowest BCUT2D eigenvalue weighted by atomic mass is 9.73. The number of benzene rings is 7. The van der Waals surface area contributed by atoms with Gasteiger partial charge in [-0.1, -0.05) is 159 Å². The van der Waals surface area contributed by atoms with E-state index in [0.29, 0.717) is 0 Å². The summed E-state index contributed by atoms with van der Waals surface area (Å²) in [6.07, 6.45) is 1.91. The van der Waals surface area contributed by atoms with Crippen molar-refractivity contribution in [1.82, 2.24) is 14.5 Å². The van der Waals surface area contributed by atoms with E-state index in [-0.39, 0.29) is 5.41 Å². The Labute approximate surface area is 338 Å². The number of furan rings is 1. The predicted molar refractivity (Wildman–Crippen MR) is 242 cm³/mol. The van der Waals surface area contributed by atoms with Crippen molar-refractivity contribution < 1.29 is 4.42 Å². The molecule has 0 fully saturated rings. The first-order chi connectivity index (χ1) is 28.4. The van der Waals surface area contributed by atoms with Crippen LogP contribution in [-0.2, 0) is 12.5 Å². The first kappa shape index (κ1) is 34.2. The maximum absolute atomic E-state index is 6.44. The molecular weight excluding hydrogens is 725 g/mol. The Kier molecular flexibility index (Phi) is 7.68. The molecule has 0 atom stereocenters. The van der Waals surface area contributed by atoms with Crippen molar-refractivity contribution in [2.45, 2.75) is 19.3 Å². The maximum atomic E-state index is 6.44. The molecular formula is C52H40N4OSi. The van der Waals surface area contributed by atoms with Crippen LogP contribution in [0.25, 0.3) is 44.4 Å². The number of aromatic nitrogens is 3. The molecule has 6 heteroatoms. The molecule has 1 aliphatic rings. The van der Waals surface area contributed by atoms with Gasteiger partial charge in [-0.2, -0.15) is 0 Å². The standard InChI is InChI=1S/C52H40N4OSi/c1-52(2)42-27-11-13-29-44(42)56(51-49(52)48-41-26-10-15-31-46(41)57-47(48)34-53-51)36-19-17-25-40(33-36)58(37-20-6-4-7-21-37,38-22-8-5-9-23-38)39-24-16-18-35(32-39)50-54-43-28-12-14-30-45(43)55(50)3/h4-34H,1-3H3. The molecule has 4 heterocycles. The predicted octanol–water partition coefficient (Wildman–Crippen LogP) is 10.0. The average Bonchev–Trinajstić information content (AvgIpc) is 3.82. The maximum Gasteiger partial charge on any atom is 0.179 e. The van der Waals surface area contributed by atoms with Crippen LogP contribution < -0.4 is 25.6 Å². The van der Waals surface area contributed by atoms with Crippen LogP contribution in [0.1, 0.15) is 25.0 Å². The molecule has 0 unspecified atom stereocenters. The first-order valence-corrected chi connectivity index (χ1v) is 21.9. The fraction of sp³-hybridized carbons (Fsp3) is 0.0769. The van der Waals surface area contributed by atoms with Crippen LogP contribution in [-0.4, -0.2) is 22.6 Å². The fourth-order valence-electron chi connectivity index (χ4n) is 9.73. The van der Waals surface area contributed by atoms with Crippen LogP contribution in [0.3, 0.4) is 0 Å². The number of hydrogen-bond donors (Lipinski definition) is 0. The van der Waals surface area contributed by atoms with Crippen molar-refractivity contribution in [3.05, 3.63) is 199 Å². The second-order valence-electron chi connectivity index (χ2n) is 15.9. The zero-order chi connectivity index (χ0) is 39.0. The van der Waals surface area contributed by atoms with Gasteiger partial charge >= 0.3 is 0 Å². The Morgan fingerprint density at radius 2 is 1.22 bits per heavy atom. The molecule has 11 rings (SSSR count). The zero-order valence-corrected chi connectivity index (χ0v) is 33.6. The third-order valence-electron chi connectivity index (χ3n) is 12.3. The van der Waals surface area contributed by atoms with Gasteiger partial charge in [0.25, 0.3) is 0 Å². The number of aryl methyl sites for hydroxylation is 1. The summed E-state index contributed by atoms with van der Waals surface area (Å²) in [7, 11) is -0.881. The van der Waals surface area contributed by atoms with E-state index < -0.39 is 8.07 Å². The van der Waals surface area contributed by atoms with E-state index in [1.807, 2.05) is 12.3 Å². The van der Waals surface area contributed by atoms with Crippen molar-refractivity contribution in [2.75, 3.05) is 4.90 Å². The molecule has 10 aromatic rings. The monoisotopic (exact) mass is 764 g/mol. The molecule has 278 valence electrons. The molecule has 0 spiro atoms. The van der Waals surface area contributed by atoms with Crippen LogP contribution in [0.15, 0.2) is 193 Å². The molecule has 0 bridgehead atoms. The van der Waals surface area contributed by atoms with Crippen LogP contribution in [0.2, 0.25) is 0 Å². The minimum atomic E-state index is -3.00. The summed E-state index contributed by atoms with van der Waals surface area (Å²) in [6.45, 7) is 4.64. The number of rotatable bonds is 6. The van der Waals surface area contributed by atoms with Gasteiger partial charge in [0.2, 0.25) is 0 Å². The zero-order valence-electron chi connectivity index (χ0n) is 32.6. The minimum Gasteiger partial charge on any atom is -0.454 e. The minimum absolute atomic E-state index is 0.345. The molecule has 7 aromatic carbocycles. The van der Waals surface area contributed by atoms with Crippen molar-refractivity contribution in [2.24, 2.45) is 7.05 Å². The smallest absolute Gasteiger partial charge is 0.179 e. The number of hydrogen-bond acceptors (Lipinski definition) is 4. The van der Waals surface area contributed by atoms with Gasteiger partial charge in [0.15, 0.2) is 13.7 Å². The number of pyridine rings is 1. The highest BCUT2D eigenvalue weighted by molar-refractivity contribution is 7.20. The molecule has 0 amide bonds. The molecule has 58 heavy (non-hydrogen) atoms. The number of para-hydroxylation sites is 4. The summed E-state index contributed by atoms with van der Waals surface area (Å²) < 4.78 is 8.65. The fourth-order valence-corrected chi connectivity index (χ4v) is 14.5. The van der Waals surface area contributed by atoms with Crippen LogP contribution in [0.4, 0.5) is 17.2 Å². The summed E-state index contributed by atoms with van der Waals surface area (Å²) in [6, 6.07) is 66.2. The van der Waals surface area contributed by atoms with Crippen LogP contribution in [0.5, 0.6) is 0 Å². The third kappa shape index (κ3) is 4.95. The molecule has 0 aliphatic carbocycles. The van der Waals surface area contributed by atoms with Gasteiger partial charge in [-0.15, -0.1) is 0 Å². The summed E-state index contributed by atoms with van der Waals surface area (Å²) in [5.41, 5.74) is 9.15. The van der Waals surface area contributed by atoms with Crippen molar-refractivity contribution in [1.29, 1.82) is 0 Å². The first-order valence-electron chi connectivity index (χ1n) is 19.9. The van der Waals surface area contributed by atoms with Gasteiger partial charge in [-0.25, -0.2) is 9.97 Å². The van der Waals surface area contributed by atoms with Crippen LogP contribution in [0, 0.1) is 0 Å². The lowest BCUT2D eigenvalue weighted by Gasteiger charge is -2.42. The van der Waals surface area contributed by atoms with E-state index in [0.717, 1.165) is 61.6 Å². The highest BCUT2D eigenvalue weighted by atomic mass is 28.3. The molecule has 0 saturated heterocycles. The Morgan fingerprint density at radius 3 is 2.00 bits per heavy atom. The van der Waals surface area contributed by atoms with Gasteiger partial charge in [-0.3, -0.25) is 4.90 Å². The number of fused-ring (bicyclic) bond motifs is 7. The topological polar surface area (TPSA) is 47.1 Å². The SMILES string of the molecule is Cn1c(-c2cccc([Si](c3ccccc3)(c3ccccc3)c3cccc(N4c5ccccc5C(C)(C)c5c4ncc4oc6ccccc6c54)c3)c2)nc2ccccc21. The van der Waals surface area contributed by atoms with Gasteiger partial charge < -0.3 is 8.98 Å². The number of imidazole rings is 1. The van der Waals surface area contributed by atoms with Crippen molar-refractivity contribution in [3.63, 3.8) is 0 Å². The Bertz CT molecular complexity index is 3140. The van der Waals surface area contributed by atoms with E-state index in [2.05, 4.69) is 206 Å². The van der Waals surface area contributed by atoms with Gasteiger partial charge in [0.1, 0.15) is 17.2 Å². The van der Waals surface area contributed by atoms with Gasteiger partial charge in [0.05, 0.1) is 22.9 Å². The second-order valence-corrected chi connectivity index (χ2v) is 19.7. The van der Waals surface area contributed by atoms with Crippen molar-refractivity contribution in [3.8, 4) is 11.4 Å². The molecule has 5 nitrogen and oxygen atoms in total. The highest BCUT2D eigenvalue weighted by Gasteiger charge is 2.44. The van der Waals surface area contributed by atoms with Crippen LogP contribution >= 0.6 is 0 Å². The normalized spacial score (nSPS) is 13.5. The molecule has 0 radical (unpaired) electrons. The Hall–Kier alpha value is -7.02. The summed E-state index contributed by atoms with van der Waals surface area (Å²) in [4.78, 5) is 12.8. The van der Waals surface area contributed by atoms with E-state index >= 15 is 0 Å². The van der Waals surface area contributed by atoms with E-state index in [1.165, 1.54) is 31.9 Å². The molecule has 0 saturated carbocycles. The summed E-state index contributed by atoms with van der Waals surface area (Å²) >= 11 is 0. The molecule has 1 aliphatic heterocycles. The number of nitrogens with zero attached hydrogens (tertiary/aromatic N) is 4. The van der Waals surface area contributed by atoms with Gasteiger partial charge in [-0.05, 0) is 62.7 Å². The molecule has 0 N–H and O–H groups in total. The summed E-state index contributed by atoms with van der Waals surface area (Å²) in [5, 5.41) is 7.42. The highest BCUT2D eigenvalue weighted by Crippen LogP contribution is 2.54. The average molecular weight is 765 g/mol. The van der Waals surface area contributed by atoms with Crippen molar-refractivity contribution >= 4 is 79.0 Å². The Balaban J connectivity index is 1.19. The molecule has 3 aromatic heterocycles. The number of anilines is 3. The van der Waals surface area contributed by atoms with E-state index in [9.17, 15) is 0 Å². The third-order valence-corrected chi connectivity index (χ3v) is 17.1. The quantitative estimate of drug-likeness (QED) is 0.125. The van der Waals surface area contributed by atoms with E-state index in [4.69, 9.17) is 14.4 Å². The van der Waals surface area contributed by atoms with E-state index in [1.54, 1.807) is 0 Å².